The fraction of sp³-hybridized carbons (Fsp3) is 0.0455. The predicted molar refractivity (Wildman–Crippen MR) is 113 cm³/mol. The number of hydrogen-bond acceptors (Lipinski definition) is 3. The van der Waals surface area contributed by atoms with Crippen LogP contribution in [0.5, 0.6) is 0 Å². The molecular weight excluding hydrogens is 366 g/mol. The van der Waals surface area contributed by atoms with Crippen LogP contribution in [0.25, 0.3) is 5.65 Å². The van der Waals surface area contributed by atoms with Gasteiger partial charge in [0.1, 0.15) is 11.3 Å². The number of pyridine rings is 1. The molecule has 2 heterocycles. The van der Waals surface area contributed by atoms with Crippen molar-refractivity contribution in [2.75, 3.05) is 16.0 Å². The second-order valence-corrected chi connectivity index (χ2v) is 6.58. The van der Waals surface area contributed by atoms with Gasteiger partial charge in [0.15, 0.2) is 0 Å². The number of anilines is 3. The van der Waals surface area contributed by atoms with Crippen LogP contribution < -0.4 is 16.0 Å². The second kappa shape index (κ2) is 7.85. The number of rotatable bonds is 4. The average Bonchev–Trinajstić information content (AvgIpc) is 3.12. The monoisotopic (exact) mass is 385 g/mol. The summed E-state index contributed by atoms with van der Waals surface area (Å²) < 4.78 is 1.80. The summed E-state index contributed by atoms with van der Waals surface area (Å²) in [5, 5.41) is 8.31. The minimum Gasteiger partial charge on any atom is -0.321 e. The Morgan fingerprint density at radius 3 is 2.31 bits per heavy atom. The van der Waals surface area contributed by atoms with Crippen molar-refractivity contribution in [3.8, 4) is 0 Å². The summed E-state index contributed by atoms with van der Waals surface area (Å²) >= 11 is 0. The zero-order chi connectivity index (χ0) is 20.2. The van der Waals surface area contributed by atoms with Gasteiger partial charge in [0.05, 0.1) is 0 Å². The molecule has 0 unspecified atom stereocenters. The van der Waals surface area contributed by atoms with Crippen LogP contribution in [0.3, 0.4) is 0 Å². The van der Waals surface area contributed by atoms with E-state index in [1.807, 2.05) is 43.5 Å². The molecule has 0 bridgehead atoms. The molecule has 2 aromatic heterocycles. The number of fused-ring (bicyclic) bond motifs is 1. The Hall–Kier alpha value is -4.13. The molecule has 0 aliphatic rings. The van der Waals surface area contributed by atoms with Crippen LogP contribution in [0.4, 0.5) is 21.9 Å². The number of aryl methyl sites for hydroxylation is 1. The molecule has 4 aromatic rings. The molecule has 2 aromatic carbocycles. The molecule has 4 rings (SSSR count). The molecule has 0 aliphatic heterocycles. The summed E-state index contributed by atoms with van der Waals surface area (Å²) in [5.74, 6) is -0.322. The van der Waals surface area contributed by atoms with E-state index in [1.54, 1.807) is 47.0 Å². The molecule has 0 fully saturated rings. The minimum atomic E-state index is -0.365. The van der Waals surface area contributed by atoms with E-state index in [9.17, 15) is 9.59 Å². The van der Waals surface area contributed by atoms with E-state index < -0.39 is 0 Å². The molecule has 7 nitrogen and oxygen atoms in total. The maximum absolute atomic E-state index is 12.6. The second-order valence-electron chi connectivity index (χ2n) is 6.58. The lowest BCUT2D eigenvalue weighted by molar-refractivity contribution is 0.102. The van der Waals surface area contributed by atoms with Crippen LogP contribution in [-0.4, -0.2) is 21.3 Å². The van der Waals surface area contributed by atoms with Crippen LogP contribution in [0.15, 0.2) is 79.1 Å². The Kier molecular flexibility index (Phi) is 4.94. The fourth-order valence-corrected chi connectivity index (χ4v) is 2.88. The van der Waals surface area contributed by atoms with Crippen LogP contribution in [0, 0.1) is 6.92 Å². The quantitative estimate of drug-likeness (QED) is 0.482. The van der Waals surface area contributed by atoms with Crippen molar-refractivity contribution in [1.82, 2.24) is 9.38 Å². The first-order chi connectivity index (χ1) is 14.1. The number of amides is 3. The van der Waals surface area contributed by atoms with Crippen molar-refractivity contribution in [2.24, 2.45) is 0 Å². The Bertz CT molecular complexity index is 1180. The highest BCUT2D eigenvalue weighted by molar-refractivity contribution is 6.04. The number of carbonyl (C=O) groups is 2. The summed E-state index contributed by atoms with van der Waals surface area (Å²) in [4.78, 5) is 29.1. The number of nitrogens with zero attached hydrogens (tertiary/aromatic N) is 2. The molecule has 3 amide bonds. The van der Waals surface area contributed by atoms with Gasteiger partial charge in [-0.25, -0.2) is 9.78 Å². The van der Waals surface area contributed by atoms with Crippen molar-refractivity contribution in [2.45, 2.75) is 6.92 Å². The summed E-state index contributed by atoms with van der Waals surface area (Å²) in [6.07, 6.45) is 3.55. The van der Waals surface area contributed by atoms with Crippen LogP contribution in [0.1, 0.15) is 16.1 Å². The van der Waals surface area contributed by atoms with Gasteiger partial charge in [-0.15, -0.1) is 0 Å². The van der Waals surface area contributed by atoms with E-state index in [2.05, 4.69) is 20.9 Å². The lowest BCUT2D eigenvalue weighted by Crippen LogP contribution is -2.19. The third-order valence-electron chi connectivity index (χ3n) is 4.26. The number of carbonyl (C=O) groups excluding carboxylic acids is 2. The zero-order valence-corrected chi connectivity index (χ0v) is 15.7. The Morgan fingerprint density at radius 2 is 1.52 bits per heavy atom. The maximum Gasteiger partial charge on any atom is 0.323 e. The first-order valence-electron chi connectivity index (χ1n) is 9.07. The van der Waals surface area contributed by atoms with E-state index in [0.29, 0.717) is 28.4 Å². The van der Waals surface area contributed by atoms with E-state index in [1.165, 1.54) is 0 Å². The molecule has 29 heavy (non-hydrogen) atoms. The van der Waals surface area contributed by atoms with E-state index in [-0.39, 0.29) is 11.9 Å². The lowest BCUT2D eigenvalue weighted by Gasteiger charge is -2.09. The largest absolute Gasteiger partial charge is 0.323 e. The van der Waals surface area contributed by atoms with Gasteiger partial charge in [-0.05, 0) is 55.0 Å². The predicted octanol–water partition coefficient (Wildman–Crippen LogP) is 4.54. The molecule has 3 N–H and O–H groups in total. The molecule has 0 radical (unpaired) electrons. The van der Waals surface area contributed by atoms with Crippen molar-refractivity contribution in [3.63, 3.8) is 0 Å². The molecule has 0 saturated carbocycles. The molecule has 0 atom stereocenters. The first kappa shape index (κ1) is 18.2. The average molecular weight is 385 g/mol. The highest BCUT2D eigenvalue weighted by Gasteiger charge is 2.12. The van der Waals surface area contributed by atoms with Gasteiger partial charge in [-0.3, -0.25) is 4.79 Å². The Morgan fingerprint density at radius 1 is 0.828 bits per heavy atom. The third-order valence-corrected chi connectivity index (χ3v) is 4.26. The van der Waals surface area contributed by atoms with Gasteiger partial charge in [0, 0.05) is 29.5 Å². The van der Waals surface area contributed by atoms with Gasteiger partial charge in [0.25, 0.3) is 5.91 Å². The number of nitrogens with one attached hydrogen (secondary N) is 3. The zero-order valence-electron chi connectivity index (χ0n) is 15.7. The fourth-order valence-electron chi connectivity index (χ4n) is 2.88. The number of aromatic nitrogens is 2. The summed E-state index contributed by atoms with van der Waals surface area (Å²) in [6, 6.07) is 19.6. The van der Waals surface area contributed by atoms with Crippen molar-refractivity contribution < 1.29 is 9.59 Å². The van der Waals surface area contributed by atoms with Crippen molar-refractivity contribution in [3.05, 3.63) is 90.4 Å². The Balaban J connectivity index is 1.43. The SMILES string of the molecule is Cc1ccn2cc(C(=O)Nc3cccc(NC(=O)Nc4ccccc4)c3)nc2c1. The van der Waals surface area contributed by atoms with Crippen LogP contribution >= 0.6 is 0 Å². The van der Waals surface area contributed by atoms with Gasteiger partial charge < -0.3 is 20.4 Å². The van der Waals surface area contributed by atoms with E-state index >= 15 is 0 Å². The number of benzene rings is 2. The van der Waals surface area contributed by atoms with Gasteiger partial charge in [-0.1, -0.05) is 24.3 Å². The number of hydrogen-bond donors (Lipinski definition) is 3. The Labute approximate surface area is 167 Å². The summed E-state index contributed by atoms with van der Waals surface area (Å²) in [7, 11) is 0. The normalized spacial score (nSPS) is 10.5. The molecule has 7 heteroatoms. The highest BCUT2D eigenvalue weighted by atomic mass is 16.2. The molecule has 0 aliphatic carbocycles. The van der Waals surface area contributed by atoms with E-state index in [4.69, 9.17) is 0 Å². The molecule has 0 saturated heterocycles. The van der Waals surface area contributed by atoms with Gasteiger partial charge >= 0.3 is 6.03 Å². The number of imidazole rings is 1. The van der Waals surface area contributed by atoms with Crippen molar-refractivity contribution >= 4 is 34.6 Å². The topological polar surface area (TPSA) is 87.5 Å². The summed E-state index contributed by atoms with van der Waals surface area (Å²) in [5.41, 5.74) is 3.90. The van der Waals surface area contributed by atoms with Crippen LogP contribution in [-0.2, 0) is 0 Å². The maximum atomic E-state index is 12.6. The van der Waals surface area contributed by atoms with Crippen LogP contribution in [0.2, 0.25) is 0 Å². The van der Waals surface area contributed by atoms with Gasteiger partial charge in [-0.2, -0.15) is 0 Å². The lowest BCUT2D eigenvalue weighted by atomic mass is 10.2. The smallest absolute Gasteiger partial charge is 0.321 e. The summed E-state index contributed by atoms with van der Waals surface area (Å²) in [6.45, 7) is 1.97. The molecule has 144 valence electrons. The third kappa shape index (κ3) is 4.41. The number of para-hydroxylation sites is 1. The molecular formula is C22H19N5O2. The van der Waals surface area contributed by atoms with Crippen molar-refractivity contribution in [1.29, 1.82) is 0 Å². The first-order valence-corrected chi connectivity index (χ1v) is 9.07. The van der Waals surface area contributed by atoms with E-state index in [0.717, 1.165) is 5.56 Å². The highest BCUT2D eigenvalue weighted by Crippen LogP contribution is 2.17. The standard InChI is InChI=1S/C22H19N5O2/c1-15-10-11-27-14-19(26-20(27)12-15)21(28)23-17-8-5-9-18(13-17)25-22(29)24-16-6-3-2-4-7-16/h2-14H,1H3,(H,23,28)(H2,24,25,29). The molecule has 0 spiro atoms. The van der Waals surface area contributed by atoms with Gasteiger partial charge in [0.2, 0.25) is 0 Å². The minimum absolute atomic E-state index is 0.316. The number of urea groups is 1.